The molecule has 1 N–H and O–H groups in total. The van der Waals surface area contributed by atoms with E-state index in [2.05, 4.69) is 10.1 Å². The highest BCUT2D eigenvalue weighted by atomic mass is 32.2. The molecule has 1 saturated heterocycles. The van der Waals surface area contributed by atoms with Crippen LogP contribution in [0.5, 0.6) is 0 Å². The van der Waals surface area contributed by atoms with Gasteiger partial charge in [0, 0.05) is 35.3 Å². The van der Waals surface area contributed by atoms with Crippen molar-refractivity contribution in [2.24, 2.45) is 5.92 Å². The lowest BCUT2D eigenvalue weighted by Crippen LogP contribution is -2.41. The zero-order chi connectivity index (χ0) is 25.2. The van der Waals surface area contributed by atoms with Crippen LogP contribution in [0.15, 0.2) is 52.3 Å². The zero-order valence-corrected chi connectivity index (χ0v) is 21.2. The number of sulfonamides is 1. The van der Waals surface area contributed by atoms with Crippen LogP contribution in [0.4, 0.5) is 11.4 Å². The molecule has 1 atom stereocenters. The molecule has 0 unspecified atom stereocenters. The van der Waals surface area contributed by atoms with Gasteiger partial charge in [0.05, 0.1) is 23.3 Å². The van der Waals surface area contributed by atoms with Crippen LogP contribution in [-0.4, -0.2) is 63.0 Å². The van der Waals surface area contributed by atoms with Gasteiger partial charge in [-0.15, -0.1) is 11.8 Å². The number of rotatable bonds is 6. The number of carbonyl (C=O) groups is 3. The van der Waals surface area contributed by atoms with Crippen LogP contribution in [-0.2, 0) is 24.3 Å². The highest BCUT2D eigenvalue weighted by molar-refractivity contribution is 7.99. The van der Waals surface area contributed by atoms with Crippen molar-refractivity contribution in [3.63, 3.8) is 0 Å². The first-order valence-electron chi connectivity index (χ1n) is 11.3. The predicted molar refractivity (Wildman–Crippen MR) is 133 cm³/mol. The number of hydrogen-bond donors (Lipinski definition) is 1. The van der Waals surface area contributed by atoms with E-state index in [1.54, 1.807) is 31.2 Å². The highest BCUT2D eigenvalue weighted by Crippen LogP contribution is 2.38. The average molecular weight is 518 g/mol. The molecule has 2 aliphatic heterocycles. The molecule has 2 aromatic carbocycles. The lowest BCUT2D eigenvalue weighted by atomic mass is 10.1. The Labute approximate surface area is 208 Å². The molecule has 2 heterocycles. The fraction of sp³-hybridized carbons (Fsp3) is 0.375. The Morgan fingerprint density at radius 1 is 1.11 bits per heavy atom. The molecule has 186 valence electrons. The van der Waals surface area contributed by atoms with Crippen molar-refractivity contribution in [3.05, 3.63) is 48.0 Å². The van der Waals surface area contributed by atoms with Gasteiger partial charge < -0.3 is 15.0 Å². The molecule has 0 aromatic heterocycles. The van der Waals surface area contributed by atoms with Gasteiger partial charge >= 0.3 is 5.97 Å². The van der Waals surface area contributed by atoms with Crippen LogP contribution in [0.3, 0.4) is 0 Å². The second-order valence-electron chi connectivity index (χ2n) is 8.49. The molecule has 35 heavy (non-hydrogen) atoms. The van der Waals surface area contributed by atoms with Crippen molar-refractivity contribution >= 4 is 50.9 Å². The monoisotopic (exact) mass is 517 g/mol. The van der Waals surface area contributed by atoms with Crippen molar-refractivity contribution in [1.82, 2.24) is 4.31 Å². The number of thioether (sulfide) groups is 1. The van der Waals surface area contributed by atoms with Crippen LogP contribution in [0, 0.1) is 5.92 Å². The van der Waals surface area contributed by atoms with Gasteiger partial charge in [-0.1, -0.05) is 6.92 Å². The maximum Gasteiger partial charge on any atom is 0.337 e. The average Bonchev–Trinajstić information content (AvgIpc) is 3.38. The summed E-state index contributed by atoms with van der Waals surface area (Å²) in [6.45, 7) is 2.47. The number of nitrogens with one attached hydrogen (secondary N) is 1. The number of carbonyl (C=O) groups excluding carboxylic acids is 3. The maximum absolute atomic E-state index is 13.2. The number of nitrogens with zero attached hydrogens (tertiary/aromatic N) is 2. The minimum atomic E-state index is -3.68. The van der Waals surface area contributed by atoms with Crippen LogP contribution in [0.1, 0.15) is 30.1 Å². The van der Waals surface area contributed by atoms with E-state index < -0.39 is 21.9 Å². The van der Waals surface area contributed by atoms with Gasteiger partial charge in [-0.3, -0.25) is 9.59 Å². The zero-order valence-electron chi connectivity index (χ0n) is 19.5. The largest absolute Gasteiger partial charge is 0.465 e. The maximum atomic E-state index is 13.2. The third-order valence-corrected chi connectivity index (χ3v) is 9.21. The smallest absolute Gasteiger partial charge is 0.337 e. The van der Waals surface area contributed by atoms with Crippen LogP contribution < -0.4 is 10.2 Å². The molecule has 11 heteroatoms. The SMILES string of the molecule is COC(=O)c1ccc(NC(=O)CN2C(=O)[C@H](C)CSc3ccc(S(=O)(=O)N4CCCC4)cc32)cc1. The van der Waals surface area contributed by atoms with E-state index in [1.165, 1.54) is 46.3 Å². The minimum Gasteiger partial charge on any atom is -0.465 e. The number of hydrogen-bond acceptors (Lipinski definition) is 7. The molecule has 0 radical (unpaired) electrons. The van der Waals surface area contributed by atoms with Crippen LogP contribution in [0.25, 0.3) is 0 Å². The van der Waals surface area contributed by atoms with Gasteiger partial charge in [0.1, 0.15) is 6.54 Å². The molecule has 2 aliphatic rings. The van der Waals surface area contributed by atoms with Crippen molar-refractivity contribution in [2.45, 2.75) is 29.6 Å². The van der Waals surface area contributed by atoms with E-state index in [-0.39, 0.29) is 23.3 Å². The summed E-state index contributed by atoms with van der Waals surface area (Å²) in [5.74, 6) is -0.999. The molecular formula is C24H27N3O6S2. The number of amides is 2. The minimum absolute atomic E-state index is 0.116. The van der Waals surface area contributed by atoms with Gasteiger partial charge in [-0.25, -0.2) is 13.2 Å². The predicted octanol–water partition coefficient (Wildman–Crippen LogP) is 2.97. The van der Waals surface area contributed by atoms with E-state index in [9.17, 15) is 22.8 Å². The molecule has 2 amide bonds. The standard InChI is InChI=1S/C24H27N3O6S2/c1-16-15-34-21-10-9-19(35(31,32)26-11-3-4-12-26)13-20(21)27(23(16)29)14-22(28)25-18-7-5-17(6-8-18)24(30)33-2/h5-10,13,16H,3-4,11-12,14-15H2,1-2H3,(H,25,28)/t16-/m1/s1. The van der Waals surface area contributed by atoms with Gasteiger partial charge in [0.15, 0.2) is 0 Å². The number of esters is 1. The van der Waals surface area contributed by atoms with Crippen LogP contribution >= 0.6 is 11.8 Å². The molecule has 0 saturated carbocycles. The highest BCUT2D eigenvalue weighted by Gasteiger charge is 2.33. The van der Waals surface area contributed by atoms with Gasteiger partial charge in [0.2, 0.25) is 21.8 Å². The third-order valence-electron chi connectivity index (χ3n) is 5.99. The number of benzene rings is 2. The molecular weight excluding hydrogens is 490 g/mol. The summed E-state index contributed by atoms with van der Waals surface area (Å²) in [6, 6.07) is 11.0. The van der Waals surface area contributed by atoms with Gasteiger partial charge in [-0.2, -0.15) is 4.31 Å². The summed E-state index contributed by atoms with van der Waals surface area (Å²) in [4.78, 5) is 39.9. The second kappa shape index (κ2) is 10.4. The van der Waals surface area contributed by atoms with Gasteiger partial charge in [-0.05, 0) is 55.3 Å². The Balaban J connectivity index is 1.59. The number of fused-ring (bicyclic) bond motifs is 1. The van der Waals surface area contributed by atoms with Gasteiger partial charge in [0.25, 0.3) is 0 Å². The van der Waals surface area contributed by atoms with E-state index in [0.29, 0.717) is 35.8 Å². The lowest BCUT2D eigenvalue weighted by molar-refractivity contribution is -0.123. The van der Waals surface area contributed by atoms with E-state index in [0.717, 1.165) is 17.7 Å². The summed E-state index contributed by atoms with van der Waals surface area (Å²) >= 11 is 1.47. The summed E-state index contributed by atoms with van der Waals surface area (Å²) in [5.41, 5.74) is 1.22. The fourth-order valence-corrected chi connectivity index (χ4v) is 6.64. The fourth-order valence-electron chi connectivity index (χ4n) is 4.05. The summed E-state index contributed by atoms with van der Waals surface area (Å²) in [7, 11) is -2.39. The molecule has 1 fully saturated rings. The van der Waals surface area contributed by atoms with Crippen LogP contribution in [0.2, 0.25) is 0 Å². The first-order chi connectivity index (χ1) is 16.7. The number of ether oxygens (including phenoxy) is 1. The van der Waals surface area contributed by atoms with Crippen molar-refractivity contribution < 1.29 is 27.5 Å². The molecule has 0 spiro atoms. The Hall–Kier alpha value is -2.89. The Morgan fingerprint density at radius 2 is 1.80 bits per heavy atom. The number of anilines is 2. The molecule has 2 aromatic rings. The quantitative estimate of drug-likeness (QED) is 0.586. The Kier molecular flexibility index (Phi) is 7.48. The lowest BCUT2D eigenvalue weighted by Gasteiger charge is -2.25. The first kappa shape index (κ1) is 25.2. The van der Waals surface area contributed by atoms with E-state index in [4.69, 9.17) is 0 Å². The molecule has 0 aliphatic carbocycles. The topological polar surface area (TPSA) is 113 Å². The summed E-state index contributed by atoms with van der Waals surface area (Å²) < 4.78 is 32.4. The summed E-state index contributed by atoms with van der Waals surface area (Å²) in [5, 5.41) is 2.73. The van der Waals surface area contributed by atoms with E-state index >= 15 is 0 Å². The van der Waals surface area contributed by atoms with E-state index in [1.807, 2.05) is 0 Å². The Bertz CT molecular complexity index is 1240. The normalized spacial score (nSPS) is 18.6. The van der Waals surface area contributed by atoms with Crippen molar-refractivity contribution in [2.75, 3.05) is 42.7 Å². The first-order valence-corrected chi connectivity index (χ1v) is 13.7. The summed E-state index contributed by atoms with van der Waals surface area (Å²) in [6.07, 6.45) is 1.64. The van der Waals surface area contributed by atoms with Crippen molar-refractivity contribution in [1.29, 1.82) is 0 Å². The third kappa shape index (κ3) is 5.36. The van der Waals surface area contributed by atoms with Crippen molar-refractivity contribution in [3.8, 4) is 0 Å². The molecule has 0 bridgehead atoms. The Morgan fingerprint density at radius 3 is 2.46 bits per heavy atom. The molecule has 4 rings (SSSR count). The second-order valence-corrected chi connectivity index (χ2v) is 11.5. The number of methoxy groups -OCH3 is 1. The molecule has 9 nitrogen and oxygen atoms in total.